The van der Waals surface area contributed by atoms with E-state index in [0.29, 0.717) is 12.2 Å². The molecule has 0 bridgehead atoms. The van der Waals surface area contributed by atoms with E-state index in [1.54, 1.807) is 0 Å². The second-order valence-electron chi connectivity index (χ2n) is 5.17. The average molecular weight is 241 g/mol. The molecular weight excluding hydrogens is 226 g/mol. The standard InChI is InChI=1S/C11H15NO3S/c1-11(2)3-6-9(8(13)4-11)16-5-7(12-6)10(14)15/h7,9H,3-5H2,1-2H3,(H,14,15). The Balaban J connectivity index is 2.27. The summed E-state index contributed by atoms with van der Waals surface area (Å²) in [6.07, 6.45) is 1.31. The molecular formula is C11H15NO3S. The van der Waals surface area contributed by atoms with Gasteiger partial charge in [0, 0.05) is 17.9 Å². The van der Waals surface area contributed by atoms with Crippen molar-refractivity contribution in [1.82, 2.24) is 0 Å². The molecule has 0 aromatic heterocycles. The van der Waals surface area contributed by atoms with E-state index in [2.05, 4.69) is 4.99 Å². The van der Waals surface area contributed by atoms with Gasteiger partial charge in [0.05, 0.1) is 0 Å². The zero-order valence-corrected chi connectivity index (χ0v) is 10.2. The number of rotatable bonds is 1. The molecule has 16 heavy (non-hydrogen) atoms. The van der Waals surface area contributed by atoms with Crippen molar-refractivity contribution in [2.45, 2.75) is 38.0 Å². The fraction of sp³-hybridized carbons (Fsp3) is 0.727. The fourth-order valence-electron chi connectivity index (χ4n) is 2.25. The monoisotopic (exact) mass is 241 g/mol. The summed E-state index contributed by atoms with van der Waals surface area (Å²) in [6, 6.07) is -0.669. The minimum atomic E-state index is -0.894. The van der Waals surface area contributed by atoms with Crippen LogP contribution >= 0.6 is 11.8 Å². The number of carboxylic acid groups (broad SMARTS) is 1. The largest absolute Gasteiger partial charge is 0.480 e. The Hall–Kier alpha value is -0.840. The van der Waals surface area contributed by atoms with Crippen LogP contribution in [0.3, 0.4) is 0 Å². The molecule has 1 N–H and O–H groups in total. The van der Waals surface area contributed by atoms with Crippen LogP contribution in [0.2, 0.25) is 0 Å². The maximum atomic E-state index is 11.9. The number of thioether (sulfide) groups is 1. The number of carboxylic acids is 1. The number of carbonyl (C=O) groups is 2. The normalized spacial score (nSPS) is 32.9. The van der Waals surface area contributed by atoms with Gasteiger partial charge in [-0.3, -0.25) is 9.79 Å². The molecule has 4 nitrogen and oxygen atoms in total. The van der Waals surface area contributed by atoms with Crippen LogP contribution in [0.4, 0.5) is 0 Å². The topological polar surface area (TPSA) is 66.7 Å². The molecule has 1 aliphatic heterocycles. The lowest BCUT2D eigenvalue weighted by molar-refractivity contribution is -0.138. The molecule has 2 rings (SSSR count). The van der Waals surface area contributed by atoms with Crippen LogP contribution < -0.4 is 0 Å². The van der Waals surface area contributed by atoms with Crippen LogP contribution in [0.5, 0.6) is 0 Å². The van der Waals surface area contributed by atoms with E-state index in [4.69, 9.17) is 5.11 Å². The molecule has 0 saturated heterocycles. The number of aliphatic imine (C=N–C) groups is 1. The third kappa shape index (κ3) is 2.14. The van der Waals surface area contributed by atoms with Gasteiger partial charge in [0.25, 0.3) is 0 Å². The lowest BCUT2D eigenvalue weighted by Gasteiger charge is -2.36. The highest BCUT2D eigenvalue weighted by molar-refractivity contribution is 8.01. The summed E-state index contributed by atoms with van der Waals surface area (Å²) in [5, 5.41) is 8.74. The van der Waals surface area contributed by atoms with Gasteiger partial charge < -0.3 is 5.11 Å². The van der Waals surface area contributed by atoms with E-state index in [1.807, 2.05) is 13.8 Å². The van der Waals surface area contributed by atoms with E-state index in [9.17, 15) is 9.59 Å². The Morgan fingerprint density at radius 3 is 2.81 bits per heavy atom. The van der Waals surface area contributed by atoms with Gasteiger partial charge in [-0.2, -0.15) is 0 Å². The van der Waals surface area contributed by atoms with Crippen LogP contribution in [0, 0.1) is 5.41 Å². The van der Waals surface area contributed by atoms with Crippen LogP contribution in [0.15, 0.2) is 4.99 Å². The minimum absolute atomic E-state index is 0.0760. The van der Waals surface area contributed by atoms with Gasteiger partial charge in [-0.1, -0.05) is 13.8 Å². The number of Topliss-reactive ketones (excluding diaryl/α,β-unsaturated/α-hetero) is 1. The number of carbonyl (C=O) groups excluding carboxylic acids is 1. The molecule has 88 valence electrons. The number of nitrogens with zero attached hydrogens (tertiary/aromatic N) is 1. The molecule has 2 atom stereocenters. The summed E-state index contributed by atoms with van der Waals surface area (Å²) in [6.45, 7) is 4.05. The quantitative estimate of drug-likeness (QED) is 0.753. The van der Waals surface area contributed by atoms with Crippen molar-refractivity contribution in [2.24, 2.45) is 10.4 Å². The van der Waals surface area contributed by atoms with Crippen molar-refractivity contribution in [3.8, 4) is 0 Å². The van der Waals surface area contributed by atoms with Crippen molar-refractivity contribution in [3.63, 3.8) is 0 Å². The molecule has 0 spiro atoms. The summed E-state index contributed by atoms with van der Waals surface area (Å²) in [5.41, 5.74) is 0.706. The van der Waals surface area contributed by atoms with E-state index in [1.165, 1.54) is 11.8 Å². The second kappa shape index (κ2) is 3.87. The minimum Gasteiger partial charge on any atom is -0.480 e. The van der Waals surface area contributed by atoms with E-state index < -0.39 is 12.0 Å². The number of hydrogen-bond donors (Lipinski definition) is 1. The third-order valence-corrected chi connectivity index (χ3v) is 4.31. The average Bonchev–Trinajstić information content (AvgIpc) is 2.14. The smallest absolute Gasteiger partial charge is 0.329 e. The fourth-order valence-corrected chi connectivity index (χ4v) is 3.45. The summed E-state index contributed by atoms with van der Waals surface area (Å²) in [4.78, 5) is 27.0. The molecule has 1 fully saturated rings. The zero-order chi connectivity index (χ0) is 11.9. The number of hydrogen-bond acceptors (Lipinski definition) is 4. The number of fused-ring (bicyclic) bond motifs is 1. The SMILES string of the molecule is CC1(C)CC(=O)C2SCC(C(=O)O)N=C2C1. The molecule has 0 radical (unpaired) electrons. The van der Waals surface area contributed by atoms with Crippen molar-refractivity contribution in [1.29, 1.82) is 0 Å². The zero-order valence-electron chi connectivity index (χ0n) is 9.40. The van der Waals surface area contributed by atoms with Gasteiger partial charge in [0.1, 0.15) is 5.25 Å². The molecule has 0 aromatic rings. The van der Waals surface area contributed by atoms with E-state index >= 15 is 0 Å². The first-order chi connectivity index (χ1) is 7.39. The first-order valence-electron chi connectivity index (χ1n) is 5.33. The van der Waals surface area contributed by atoms with Crippen LogP contribution in [0.25, 0.3) is 0 Å². The Bertz CT molecular complexity index is 375. The van der Waals surface area contributed by atoms with Crippen molar-refractivity contribution >= 4 is 29.2 Å². The van der Waals surface area contributed by atoms with Crippen molar-refractivity contribution in [2.75, 3.05) is 5.75 Å². The predicted molar refractivity (Wildman–Crippen MR) is 63.1 cm³/mol. The molecule has 1 saturated carbocycles. The summed E-state index contributed by atoms with van der Waals surface area (Å²) < 4.78 is 0. The van der Waals surface area contributed by atoms with Crippen LogP contribution in [-0.2, 0) is 9.59 Å². The molecule has 1 aliphatic carbocycles. The Kier molecular flexibility index (Phi) is 2.82. The van der Waals surface area contributed by atoms with Gasteiger partial charge >= 0.3 is 5.97 Å². The van der Waals surface area contributed by atoms with Crippen LogP contribution in [0.1, 0.15) is 26.7 Å². The highest BCUT2D eigenvalue weighted by Gasteiger charge is 2.41. The summed E-state index contributed by atoms with van der Waals surface area (Å²) >= 11 is 1.43. The lowest BCUT2D eigenvalue weighted by atomic mass is 9.75. The van der Waals surface area contributed by atoms with Gasteiger partial charge in [0.15, 0.2) is 11.8 Å². The van der Waals surface area contributed by atoms with Gasteiger partial charge in [-0.15, -0.1) is 11.8 Å². The Labute approximate surface area is 98.5 Å². The highest BCUT2D eigenvalue weighted by atomic mass is 32.2. The molecule has 1 heterocycles. The molecule has 0 amide bonds. The first kappa shape index (κ1) is 11.6. The Morgan fingerprint density at radius 1 is 1.50 bits per heavy atom. The van der Waals surface area contributed by atoms with Gasteiger partial charge in [-0.25, -0.2) is 4.79 Å². The van der Waals surface area contributed by atoms with Gasteiger partial charge in [0.2, 0.25) is 0 Å². The lowest BCUT2D eigenvalue weighted by Crippen LogP contribution is -2.44. The Morgan fingerprint density at radius 2 is 2.19 bits per heavy atom. The summed E-state index contributed by atoms with van der Waals surface area (Å²) in [7, 11) is 0. The molecule has 2 unspecified atom stereocenters. The van der Waals surface area contributed by atoms with Crippen molar-refractivity contribution < 1.29 is 14.7 Å². The number of ketones is 1. The highest BCUT2D eigenvalue weighted by Crippen LogP contribution is 2.38. The molecule has 0 aromatic carbocycles. The maximum Gasteiger partial charge on any atom is 0.329 e. The van der Waals surface area contributed by atoms with Gasteiger partial charge in [-0.05, 0) is 11.8 Å². The molecule has 5 heteroatoms. The number of aliphatic carboxylic acids is 1. The molecule has 2 aliphatic rings. The third-order valence-electron chi connectivity index (χ3n) is 2.94. The van der Waals surface area contributed by atoms with Crippen LogP contribution in [-0.4, -0.2) is 39.6 Å². The summed E-state index contributed by atoms with van der Waals surface area (Å²) in [5.74, 6) is -0.284. The predicted octanol–water partition coefficient (Wildman–Crippen LogP) is 1.39. The van der Waals surface area contributed by atoms with E-state index in [-0.39, 0.29) is 16.4 Å². The second-order valence-corrected chi connectivity index (χ2v) is 6.31. The van der Waals surface area contributed by atoms with Crippen molar-refractivity contribution in [3.05, 3.63) is 0 Å². The first-order valence-corrected chi connectivity index (χ1v) is 6.38. The maximum absolute atomic E-state index is 11.9. The van der Waals surface area contributed by atoms with E-state index in [0.717, 1.165) is 12.1 Å².